The molecule has 7 heteroatoms. The Morgan fingerprint density at radius 2 is 1.78 bits per heavy atom. The summed E-state index contributed by atoms with van der Waals surface area (Å²) in [6, 6.07) is 21.3. The molecule has 0 atom stereocenters. The second-order valence-electron chi connectivity index (χ2n) is 7.03. The number of para-hydroxylation sites is 2. The van der Waals surface area contributed by atoms with Crippen molar-refractivity contribution in [1.82, 2.24) is 10.3 Å². The first-order chi connectivity index (χ1) is 15.6. The minimum Gasteiger partial charge on any atom is -0.493 e. The standard InChI is InChI=1S/C25H23ClN2O3S/c1-30-21-9-5-7-19(23(21)31-2)25(29)27-14-15-32-24-18-6-3-4-8-20(18)28-22(24)16-10-12-17(26)13-11-16/h3-13,28H,14-15H2,1-2H3,(H,27,29). The number of H-pyrrole nitrogens is 1. The van der Waals surface area contributed by atoms with Gasteiger partial charge in [-0.25, -0.2) is 0 Å². The molecule has 0 fully saturated rings. The predicted molar refractivity (Wildman–Crippen MR) is 131 cm³/mol. The minimum absolute atomic E-state index is 0.196. The fourth-order valence-corrected chi connectivity index (χ4v) is 4.75. The molecular formula is C25H23ClN2O3S. The average Bonchev–Trinajstić information content (AvgIpc) is 3.20. The van der Waals surface area contributed by atoms with Gasteiger partial charge in [0.2, 0.25) is 0 Å². The topological polar surface area (TPSA) is 63.3 Å². The zero-order valence-corrected chi connectivity index (χ0v) is 19.3. The summed E-state index contributed by atoms with van der Waals surface area (Å²) in [6.45, 7) is 0.503. The zero-order valence-electron chi connectivity index (χ0n) is 17.8. The van der Waals surface area contributed by atoms with Gasteiger partial charge in [-0.2, -0.15) is 0 Å². The van der Waals surface area contributed by atoms with Gasteiger partial charge in [0.05, 0.1) is 25.5 Å². The maximum atomic E-state index is 12.7. The summed E-state index contributed by atoms with van der Waals surface area (Å²) < 4.78 is 10.7. The van der Waals surface area contributed by atoms with Crippen molar-refractivity contribution in [1.29, 1.82) is 0 Å². The van der Waals surface area contributed by atoms with Gasteiger partial charge in [0.1, 0.15) is 0 Å². The fraction of sp³-hybridized carbons (Fsp3) is 0.160. The van der Waals surface area contributed by atoms with Crippen molar-refractivity contribution in [2.45, 2.75) is 4.90 Å². The van der Waals surface area contributed by atoms with Crippen LogP contribution in [0.25, 0.3) is 22.2 Å². The highest BCUT2D eigenvalue weighted by atomic mass is 35.5. The summed E-state index contributed by atoms with van der Waals surface area (Å²) in [6.07, 6.45) is 0. The van der Waals surface area contributed by atoms with Gasteiger partial charge >= 0.3 is 0 Å². The number of methoxy groups -OCH3 is 2. The molecule has 32 heavy (non-hydrogen) atoms. The Labute approximate surface area is 196 Å². The number of thioether (sulfide) groups is 1. The van der Waals surface area contributed by atoms with Gasteiger partial charge in [-0.1, -0.05) is 48.0 Å². The second-order valence-corrected chi connectivity index (χ2v) is 8.57. The van der Waals surface area contributed by atoms with Crippen molar-refractivity contribution in [3.63, 3.8) is 0 Å². The number of nitrogens with one attached hydrogen (secondary N) is 2. The number of benzene rings is 3. The van der Waals surface area contributed by atoms with Crippen molar-refractivity contribution in [2.24, 2.45) is 0 Å². The fourth-order valence-electron chi connectivity index (χ4n) is 3.56. The Bertz CT molecular complexity index is 1240. The molecule has 3 aromatic carbocycles. The number of ether oxygens (including phenoxy) is 2. The van der Waals surface area contributed by atoms with Crippen LogP contribution < -0.4 is 14.8 Å². The summed E-state index contributed by atoms with van der Waals surface area (Å²) in [7, 11) is 3.08. The molecular weight excluding hydrogens is 444 g/mol. The molecule has 4 rings (SSSR count). The number of aromatic nitrogens is 1. The zero-order chi connectivity index (χ0) is 22.5. The number of aromatic amines is 1. The first-order valence-electron chi connectivity index (χ1n) is 10.1. The number of carbonyl (C=O) groups is 1. The molecule has 0 bridgehead atoms. The van der Waals surface area contributed by atoms with Gasteiger partial charge in [-0.15, -0.1) is 11.8 Å². The summed E-state index contributed by atoms with van der Waals surface area (Å²) in [5.41, 5.74) is 3.64. The van der Waals surface area contributed by atoms with E-state index in [0.29, 0.717) is 34.4 Å². The van der Waals surface area contributed by atoms with E-state index in [1.54, 1.807) is 37.1 Å². The molecule has 0 unspecified atom stereocenters. The lowest BCUT2D eigenvalue weighted by Crippen LogP contribution is -2.26. The number of amides is 1. The van der Waals surface area contributed by atoms with Crippen molar-refractivity contribution >= 4 is 40.2 Å². The van der Waals surface area contributed by atoms with Gasteiger partial charge in [0, 0.05) is 33.1 Å². The van der Waals surface area contributed by atoms with Crippen LogP contribution >= 0.6 is 23.4 Å². The molecule has 2 N–H and O–H groups in total. The predicted octanol–water partition coefficient (Wildman–Crippen LogP) is 6.03. The summed E-state index contributed by atoms with van der Waals surface area (Å²) in [5, 5.41) is 4.84. The lowest BCUT2D eigenvalue weighted by Gasteiger charge is -2.12. The van der Waals surface area contributed by atoms with Crippen LogP contribution in [-0.2, 0) is 0 Å². The Kier molecular flexibility index (Phi) is 6.93. The van der Waals surface area contributed by atoms with E-state index in [1.165, 1.54) is 7.11 Å². The van der Waals surface area contributed by atoms with E-state index in [-0.39, 0.29) is 5.91 Å². The molecule has 1 amide bonds. The molecule has 0 spiro atoms. The third-order valence-corrected chi connectivity index (χ3v) is 6.45. The van der Waals surface area contributed by atoms with Crippen LogP contribution in [0.1, 0.15) is 10.4 Å². The monoisotopic (exact) mass is 466 g/mol. The van der Waals surface area contributed by atoms with E-state index < -0.39 is 0 Å². The molecule has 4 aromatic rings. The van der Waals surface area contributed by atoms with Crippen LogP contribution in [0.15, 0.2) is 71.6 Å². The quantitative estimate of drug-likeness (QED) is 0.246. The van der Waals surface area contributed by atoms with E-state index in [0.717, 1.165) is 27.1 Å². The lowest BCUT2D eigenvalue weighted by molar-refractivity contribution is 0.0952. The molecule has 0 radical (unpaired) electrons. The van der Waals surface area contributed by atoms with Gasteiger partial charge < -0.3 is 19.8 Å². The third kappa shape index (κ3) is 4.56. The lowest BCUT2D eigenvalue weighted by atomic mass is 10.1. The maximum absolute atomic E-state index is 12.7. The van der Waals surface area contributed by atoms with Gasteiger partial charge in [0.25, 0.3) is 5.91 Å². The molecule has 0 aliphatic rings. The smallest absolute Gasteiger partial charge is 0.255 e. The van der Waals surface area contributed by atoms with Crippen molar-refractivity contribution in [2.75, 3.05) is 26.5 Å². The third-order valence-electron chi connectivity index (χ3n) is 5.07. The van der Waals surface area contributed by atoms with Crippen LogP contribution in [-0.4, -0.2) is 37.4 Å². The molecule has 1 aromatic heterocycles. The van der Waals surface area contributed by atoms with Gasteiger partial charge in [-0.05, 0) is 35.9 Å². The first-order valence-corrected chi connectivity index (χ1v) is 11.5. The Morgan fingerprint density at radius 1 is 1.00 bits per heavy atom. The van der Waals surface area contributed by atoms with Crippen molar-refractivity contribution in [3.8, 4) is 22.8 Å². The van der Waals surface area contributed by atoms with E-state index in [1.807, 2.05) is 36.4 Å². The highest BCUT2D eigenvalue weighted by Crippen LogP contribution is 2.38. The van der Waals surface area contributed by atoms with Crippen LogP contribution in [0.4, 0.5) is 0 Å². The highest BCUT2D eigenvalue weighted by Gasteiger charge is 2.17. The summed E-state index contributed by atoms with van der Waals surface area (Å²) >= 11 is 7.77. The van der Waals surface area contributed by atoms with E-state index in [9.17, 15) is 4.79 Å². The molecule has 0 aliphatic heterocycles. The van der Waals surface area contributed by atoms with Gasteiger partial charge in [-0.3, -0.25) is 4.79 Å². The maximum Gasteiger partial charge on any atom is 0.255 e. The highest BCUT2D eigenvalue weighted by molar-refractivity contribution is 7.99. The first kappa shape index (κ1) is 22.1. The largest absolute Gasteiger partial charge is 0.493 e. The molecule has 0 saturated carbocycles. The SMILES string of the molecule is COc1cccc(C(=O)NCCSc2c(-c3ccc(Cl)cc3)[nH]c3ccccc23)c1OC. The summed E-state index contributed by atoms with van der Waals surface area (Å²) in [5.74, 6) is 1.47. The van der Waals surface area contributed by atoms with Crippen LogP contribution in [0.3, 0.4) is 0 Å². The summed E-state index contributed by atoms with van der Waals surface area (Å²) in [4.78, 5) is 17.4. The van der Waals surface area contributed by atoms with Gasteiger partial charge in [0.15, 0.2) is 11.5 Å². The number of carbonyl (C=O) groups excluding carboxylic acids is 1. The van der Waals surface area contributed by atoms with Crippen LogP contribution in [0.5, 0.6) is 11.5 Å². The number of halogens is 1. The van der Waals surface area contributed by atoms with Crippen molar-refractivity contribution in [3.05, 3.63) is 77.3 Å². The Hall–Kier alpha value is -3.09. The number of rotatable bonds is 8. The molecule has 1 heterocycles. The molecule has 0 saturated heterocycles. The molecule has 5 nitrogen and oxygen atoms in total. The van der Waals surface area contributed by atoms with Crippen LogP contribution in [0, 0.1) is 0 Å². The molecule has 164 valence electrons. The normalized spacial score (nSPS) is 10.8. The number of hydrogen-bond donors (Lipinski definition) is 2. The molecule has 0 aliphatic carbocycles. The van der Waals surface area contributed by atoms with E-state index in [4.69, 9.17) is 21.1 Å². The number of fused-ring (bicyclic) bond motifs is 1. The van der Waals surface area contributed by atoms with E-state index in [2.05, 4.69) is 22.4 Å². The van der Waals surface area contributed by atoms with Crippen molar-refractivity contribution < 1.29 is 14.3 Å². The Balaban J connectivity index is 1.49. The van der Waals surface area contributed by atoms with E-state index >= 15 is 0 Å². The number of hydrogen-bond acceptors (Lipinski definition) is 4. The second kappa shape index (κ2) is 10.0. The minimum atomic E-state index is -0.196. The van der Waals surface area contributed by atoms with Crippen LogP contribution in [0.2, 0.25) is 5.02 Å². The Morgan fingerprint density at radius 3 is 2.53 bits per heavy atom. The average molecular weight is 467 g/mol.